The van der Waals surface area contributed by atoms with Gasteiger partial charge < -0.3 is 0 Å². The first-order valence-electron chi connectivity index (χ1n) is 11.1. The SMILES string of the molecule is CCN(CC)S(=O)(=O)c1cc(-c2nnc(Sc3nc(C)cc(C)n3)c3ccccc23)ccc1C. The van der Waals surface area contributed by atoms with Crippen molar-refractivity contribution in [1.29, 1.82) is 0 Å². The van der Waals surface area contributed by atoms with E-state index in [4.69, 9.17) is 0 Å². The van der Waals surface area contributed by atoms with Gasteiger partial charge in [0.2, 0.25) is 10.0 Å². The van der Waals surface area contributed by atoms with Gasteiger partial charge in [0.25, 0.3) is 0 Å². The van der Waals surface area contributed by atoms with Gasteiger partial charge in [0, 0.05) is 40.8 Å². The Labute approximate surface area is 204 Å². The van der Waals surface area contributed by atoms with Crippen molar-refractivity contribution >= 4 is 32.6 Å². The smallest absolute Gasteiger partial charge is 0.228 e. The highest BCUT2D eigenvalue weighted by atomic mass is 32.2. The van der Waals surface area contributed by atoms with Crippen LogP contribution < -0.4 is 0 Å². The first kappa shape index (κ1) is 24.3. The second-order valence-corrected chi connectivity index (χ2v) is 10.9. The molecule has 176 valence electrons. The van der Waals surface area contributed by atoms with E-state index in [0.29, 0.717) is 45.0 Å². The summed E-state index contributed by atoms with van der Waals surface area (Å²) in [5.74, 6) is 0. The first-order valence-corrected chi connectivity index (χ1v) is 13.4. The van der Waals surface area contributed by atoms with Gasteiger partial charge in [-0.1, -0.05) is 50.2 Å². The van der Waals surface area contributed by atoms with E-state index in [2.05, 4.69) is 20.2 Å². The van der Waals surface area contributed by atoms with E-state index in [9.17, 15) is 8.42 Å². The van der Waals surface area contributed by atoms with Crippen LogP contribution in [0.15, 0.2) is 63.6 Å². The maximum absolute atomic E-state index is 13.2. The molecule has 4 aromatic rings. The Morgan fingerprint density at radius 3 is 2.15 bits per heavy atom. The molecule has 9 heteroatoms. The largest absolute Gasteiger partial charge is 0.243 e. The molecule has 0 aliphatic heterocycles. The highest BCUT2D eigenvalue weighted by Crippen LogP contribution is 2.35. The molecule has 0 atom stereocenters. The summed E-state index contributed by atoms with van der Waals surface area (Å²) in [5, 5.41) is 12.1. The number of rotatable bonds is 7. The Kier molecular flexibility index (Phi) is 6.97. The maximum atomic E-state index is 13.2. The fourth-order valence-electron chi connectivity index (χ4n) is 3.92. The Balaban J connectivity index is 1.83. The number of hydrogen-bond acceptors (Lipinski definition) is 7. The van der Waals surface area contributed by atoms with Crippen LogP contribution in [0.1, 0.15) is 30.8 Å². The lowest BCUT2D eigenvalue weighted by Crippen LogP contribution is -2.31. The molecule has 0 bridgehead atoms. The zero-order valence-electron chi connectivity index (χ0n) is 19.9. The molecular weight excluding hydrogens is 466 g/mol. The van der Waals surface area contributed by atoms with Crippen LogP contribution in [-0.2, 0) is 10.0 Å². The molecule has 0 aliphatic carbocycles. The van der Waals surface area contributed by atoms with E-state index in [1.54, 1.807) is 6.07 Å². The predicted molar refractivity (Wildman–Crippen MR) is 135 cm³/mol. The van der Waals surface area contributed by atoms with Crippen molar-refractivity contribution in [3.63, 3.8) is 0 Å². The quantitative estimate of drug-likeness (QED) is 0.327. The molecule has 0 unspecified atom stereocenters. The third kappa shape index (κ3) is 4.68. The highest BCUT2D eigenvalue weighted by Gasteiger charge is 2.24. The normalized spacial score (nSPS) is 11.9. The van der Waals surface area contributed by atoms with Crippen molar-refractivity contribution in [1.82, 2.24) is 24.5 Å². The summed E-state index contributed by atoms with van der Waals surface area (Å²) in [7, 11) is -3.61. The molecule has 7 nitrogen and oxygen atoms in total. The lowest BCUT2D eigenvalue weighted by atomic mass is 10.0. The number of aromatic nitrogens is 4. The summed E-state index contributed by atoms with van der Waals surface area (Å²) >= 11 is 1.37. The summed E-state index contributed by atoms with van der Waals surface area (Å²) in [5.41, 5.74) is 3.83. The van der Waals surface area contributed by atoms with E-state index in [0.717, 1.165) is 22.2 Å². The van der Waals surface area contributed by atoms with Crippen molar-refractivity contribution in [3.05, 3.63) is 65.5 Å². The third-order valence-electron chi connectivity index (χ3n) is 5.59. The Morgan fingerprint density at radius 2 is 1.50 bits per heavy atom. The van der Waals surface area contributed by atoms with Crippen LogP contribution in [-0.4, -0.2) is 46.0 Å². The van der Waals surface area contributed by atoms with Crippen LogP contribution in [0, 0.1) is 20.8 Å². The van der Waals surface area contributed by atoms with Gasteiger partial charge in [-0.3, -0.25) is 0 Å². The van der Waals surface area contributed by atoms with Crippen molar-refractivity contribution in [3.8, 4) is 11.3 Å². The second-order valence-electron chi connectivity index (χ2n) is 8.00. The fraction of sp³-hybridized carbons (Fsp3) is 0.280. The molecule has 2 heterocycles. The van der Waals surface area contributed by atoms with Gasteiger partial charge in [0.05, 0.1) is 4.90 Å². The number of benzene rings is 2. The van der Waals surface area contributed by atoms with Gasteiger partial charge in [-0.2, -0.15) is 4.31 Å². The fourth-order valence-corrected chi connectivity index (χ4v) is 6.55. The van der Waals surface area contributed by atoms with E-state index >= 15 is 0 Å². The minimum atomic E-state index is -3.61. The van der Waals surface area contributed by atoms with Crippen molar-refractivity contribution < 1.29 is 8.42 Å². The Bertz CT molecular complexity index is 1450. The summed E-state index contributed by atoms with van der Waals surface area (Å²) in [6, 6.07) is 15.2. The number of nitrogens with zero attached hydrogens (tertiary/aromatic N) is 5. The van der Waals surface area contributed by atoms with Gasteiger partial charge in [-0.05, 0) is 50.2 Å². The van der Waals surface area contributed by atoms with E-state index < -0.39 is 10.0 Å². The topological polar surface area (TPSA) is 88.9 Å². The number of aryl methyl sites for hydroxylation is 3. The van der Waals surface area contributed by atoms with Crippen LogP contribution in [0.4, 0.5) is 0 Å². The second kappa shape index (κ2) is 9.77. The summed E-state index contributed by atoms with van der Waals surface area (Å²) in [4.78, 5) is 9.31. The molecule has 0 spiro atoms. The maximum Gasteiger partial charge on any atom is 0.243 e. The average Bonchev–Trinajstić information content (AvgIpc) is 2.80. The van der Waals surface area contributed by atoms with Crippen LogP contribution in [0.3, 0.4) is 0 Å². The molecule has 0 fully saturated rings. The van der Waals surface area contributed by atoms with Crippen molar-refractivity contribution in [2.45, 2.75) is 49.7 Å². The number of fused-ring (bicyclic) bond motifs is 1. The monoisotopic (exact) mass is 493 g/mol. The molecule has 0 radical (unpaired) electrons. The molecule has 2 aromatic carbocycles. The van der Waals surface area contributed by atoms with Gasteiger partial charge in [0.15, 0.2) is 5.16 Å². The van der Waals surface area contributed by atoms with Gasteiger partial charge in [0.1, 0.15) is 10.7 Å². The molecule has 2 aromatic heterocycles. The standard InChI is InChI=1S/C25H27N5O2S2/c1-6-30(7-2)34(31,32)22-15-19(13-12-16(22)3)23-20-10-8-9-11-21(20)24(29-28-23)33-25-26-17(4)14-18(5)27-25/h8-15H,6-7H2,1-5H3. The molecule has 0 saturated heterocycles. The van der Waals surface area contributed by atoms with Crippen LogP contribution in [0.2, 0.25) is 0 Å². The summed E-state index contributed by atoms with van der Waals surface area (Å²) in [6.07, 6.45) is 0. The zero-order valence-corrected chi connectivity index (χ0v) is 21.5. The molecule has 0 aliphatic rings. The van der Waals surface area contributed by atoms with E-state index in [1.165, 1.54) is 16.1 Å². The highest BCUT2D eigenvalue weighted by molar-refractivity contribution is 7.99. The first-order chi connectivity index (χ1) is 16.2. The van der Waals surface area contributed by atoms with E-state index in [-0.39, 0.29) is 0 Å². The molecule has 34 heavy (non-hydrogen) atoms. The molecular formula is C25H27N5O2S2. The van der Waals surface area contributed by atoms with Crippen LogP contribution in [0.5, 0.6) is 0 Å². The lowest BCUT2D eigenvalue weighted by molar-refractivity contribution is 0.445. The summed E-state index contributed by atoms with van der Waals surface area (Å²) < 4.78 is 28.0. The molecule has 4 rings (SSSR count). The molecule has 0 saturated carbocycles. The number of sulfonamides is 1. The van der Waals surface area contributed by atoms with Crippen LogP contribution >= 0.6 is 11.8 Å². The van der Waals surface area contributed by atoms with Gasteiger partial charge in [-0.25, -0.2) is 18.4 Å². The zero-order chi connectivity index (χ0) is 24.5. The van der Waals surface area contributed by atoms with Crippen LogP contribution in [0.25, 0.3) is 22.0 Å². The lowest BCUT2D eigenvalue weighted by Gasteiger charge is -2.20. The minimum absolute atomic E-state index is 0.293. The number of hydrogen-bond donors (Lipinski definition) is 0. The van der Waals surface area contributed by atoms with Crippen molar-refractivity contribution in [2.24, 2.45) is 0 Å². The van der Waals surface area contributed by atoms with E-state index in [1.807, 2.05) is 77.1 Å². The Hall–Kier alpha value is -2.88. The van der Waals surface area contributed by atoms with Gasteiger partial charge in [-0.15, -0.1) is 10.2 Å². The third-order valence-corrected chi connectivity index (χ3v) is 8.64. The molecule has 0 amide bonds. The minimum Gasteiger partial charge on any atom is -0.228 e. The Morgan fingerprint density at radius 1 is 0.853 bits per heavy atom. The predicted octanol–water partition coefficient (Wildman–Crippen LogP) is 5.19. The van der Waals surface area contributed by atoms with Crippen molar-refractivity contribution in [2.75, 3.05) is 13.1 Å². The average molecular weight is 494 g/mol. The summed E-state index contributed by atoms with van der Waals surface area (Å²) in [6.45, 7) is 10.2. The molecule has 0 N–H and O–H groups in total. The van der Waals surface area contributed by atoms with Gasteiger partial charge >= 0.3 is 0 Å².